The fourth-order valence-electron chi connectivity index (χ4n) is 3.62. The van der Waals surface area contributed by atoms with Crippen LogP contribution in [0.1, 0.15) is 24.8 Å². The molecule has 2 heterocycles. The summed E-state index contributed by atoms with van der Waals surface area (Å²) >= 11 is 0. The van der Waals surface area contributed by atoms with Gasteiger partial charge in [0.2, 0.25) is 0 Å². The SMILES string of the molecule is C=NCCc1ccc(N2CCC3(CCCNC3)C2)cc1. The first-order valence-corrected chi connectivity index (χ1v) is 7.78. The van der Waals surface area contributed by atoms with E-state index in [1.54, 1.807) is 0 Å². The molecule has 1 N–H and O–H groups in total. The number of nitrogens with zero attached hydrogens (tertiary/aromatic N) is 2. The molecule has 20 heavy (non-hydrogen) atoms. The second-order valence-electron chi connectivity index (χ2n) is 6.32. The van der Waals surface area contributed by atoms with Gasteiger partial charge in [0.05, 0.1) is 0 Å². The number of benzene rings is 1. The van der Waals surface area contributed by atoms with Crippen molar-refractivity contribution in [3.63, 3.8) is 0 Å². The van der Waals surface area contributed by atoms with Gasteiger partial charge in [0.1, 0.15) is 0 Å². The molecule has 108 valence electrons. The molecular weight excluding hydrogens is 246 g/mol. The van der Waals surface area contributed by atoms with Crippen molar-refractivity contribution in [1.29, 1.82) is 0 Å². The monoisotopic (exact) mass is 271 g/mol. The summed E-state index contributed by atoms with van der Waals surface area (Å²) in [6.45, 7) is 9.18. The molecule has 3 rings (SSSR count). The Balaban J connectivity index is 1.63. The lowest BCUT2D eigenvalue weighted by atomic mass is 9.80. The zero-order valence-corrected chi connectivity index (χ0v) is 12.3. The van der Waals surface area contributed by atoms with Gasteiger partial charge in [-0.1, -0.05) is 12.1 Å². The fourth-order valence-corrected chi connectivity index (χ4v) is 3.62. The molecule has 0 amide bonds. The summed E-state index contributed by atoms with van der Waals surface area (Å²) in [7, 11) is 0. The Kier molecular flexibility index (Phi) is 4.06. The third-order valence-electron chi connectivity index (χ3n) is 4.86. The number of hydrogen-bond donors (Lipinski definition) is 1. The largest absolute Gasteiger partial charge is 0.371 e. The number of anilines is 1. The first kappa shape index (κ1) is 13.6. The summed E-state index contributed by atoms with van der Waals surface area (Å²) < 4.78 is 0. The molecule has 3 heteroatoms. The minimum atomic E-state index is 0.531. The molecule has 0 aromatic heterocycles. The number of hydrogen-bond acceptors (Lipinski definition) is 3. The van der Waals surface area contributed by atoms with Gasteiger partial charge in [0.25, 0.3) is 0 Å². The van der Waals surface area contributed by atoms with Crippen molar-refractivity contribution in [2.24, 2.45) is 10.4 Å². The summed E-state index contributed by atoms with van der Waals surface area (Å²) in [6, 6.07) is 9.02. The first-order valence-electron chi connectivity index (χ1n) is 7.78. The van der Waals surface area contributed by atoms with Gasteiger partial charge in [-0.3, -0.25) is 0 Å². The number of piperidine rings is 1. The van der Waals surface area contributed by atoms with Crippen molar-refractivity contribution < 1.29 is 0 Å². The highest BCUT2D eigenvalue weighted by Crippen LogP contribution is 2.38. The van der Waals surface area contributed by atoms with Gasteiger partial charge in [0, 0.05) is 37.3 Å². The molecule has 2 aliphatic rings. The average Bonchev–Trinajstić information content (AvgIpc) is 2.90. The first-order chi connectivity index (χ1) is 9.81. The molecule has 1 aromatic carbocycles. The van der Waals surface area contributed by atoms with Crippen molar-refractivity contribution in [2.75, 3.05) is 37.6 Å². The van der Waals surface area contributed by atoms with E-state index in [9.17, 15) is 0 Å². The Morgan fingerprint density at radius 2 is 2.10 bits per heavy atom. The van der Waals surface area contributed by atoms with E-state index in [0.717, 1.165) is 13.0 Å². The molecule has 2 aliphatic heterocycles. The van der Waals surface area contributed by atoms with Crippen LogP contribution in [0, 0.1) is 5.41 Å². The number of nitrogens with one attached hydrogen (secondary N) is 1. The van der Waals surface area contributed by atoms with Gasteiger partial charge >= 0.3 is 0 Å². The van der Waals surface area contributed by atoms with E-state index in [1.165, 1.54) is 56.7 Å². The predicted octanol–water partition coefficient (Wildman–Crippen LogP) is 2.51. The molecule has 0 aliphatic carbocycles. The molecule has 1 unspecified atom stereocenters. The van der Waals surface area contributed by atoms with Crippen LogP contribution in [-0.4, -0.2) is 39.4 Å². The average molecular weight is 271 g/mol. The van der Waals surface area contributed by atoms with Gasteiger partial charge < -0.3 is 15.2 Å². The topological polar surface area (TPSA) is 27.6 Å². The van der Waals surface area contributed by atoms with Gasteiger partial charge in [-0.05, 0) is 56.6 Å². The van der Waals surface area contributed by atoms with Crippen molar-refractivity contribution in [3.05, 3.63) is 29.8 Å². The smallest absolute Gasteiger partial charge is 0.0422 e. The van der Waals surface area contributed by atoms with Gasteiger partial charge in [0.15, 0.2) is 0 Å². The second-order valence-corrected chi connectivity index (χ2v) is 6.32. The Hall–Kier alpha value is -1.35. The number of aliphatic imine (C=N–C) groups is 1. The summed E-state index contributed by atoms with van der Waals surface area (Å²) in [5, 5.41) is 3.58. The number of rotatable bonds is 4. The maximum absolute atomic E-state index is 3.92. The summed E-state index contributed by atoms with van der Waals surface area (Å²) in [4.78, 5) is 6.48. The lowest BCUT2D eigenvalue weighted by Gasteiger charge is -2.34. The molecule has 3 nitrogen and oxygen atoms in total. The van der Waals surface area contributed by atoms with Gasteiger partial charge in [-0.25, -0.2) is 0 Å². The molecule has 0 bridgehead atoms. The van der Waals surface area contributed by atoms with E-state index in [4.69, 9.17) is 0 Å². The minimum Gasteiger partial charge on any atom is -0.371 e. The lowest BCUT2D eigenvalue weighted by Crippen LogP contribution is -2.41. The highest BCUT2D eigenvalue weighted by atomic mass is 15.2. The van der Waals surface area contributed by atoms with E-state index in [1.807, 2.05) is 0 Å². The standard InChI is InChI=1S/C17H25N3/c1-18-11-7-15-3-5-16(6-4-15)20-12-9-17(14-20)8-2-10-19-13-17/h3-6,19H,1-2,7-14H2. The van der Waals surface area contributed by atoms with Gasteiger partial charge in [-0.2, -0.15) is 0 Å². The molecule has 2 saturated heterocycles. The van der Waals surface area contributed by atoms with Crippen LogP contribution < -0.4 is 10.2 Å². The summed E-state index contributed by atoms with van der Waals surface area (Å²) in [6.07, 6.45) is 5.06. The quantitative estimate of drug-likeness (QED) is 0.852. The fraction of sp³-hybridized carbons (Fsp3) is 0.588. The third-order valence-corrected chi connectivity index (χ3v) is 4.86. The van der Waals surface area contributed by atoms with Crippen molar-refractivity contribution in [3.8, 4) is 0 Å². The molecule has 1 atom stereocenters. The Morgan fingerprint density at radius 1 is 1.25 bits per heavy atom. The van der Waals surface area contributed by atoms with E-state index in [-0.39, 0.29) is 0 Å². The van der Waals surface area contributed by atoms with E-state index in [0.29, 0.717) is 5.41 Å². The molecule has 0 radical (unpaired) electrons. The molecule has 1 spiro atoms. The Labute approximate surface area is 122 Å². The van der Waals surface area contributed by atoms with E-state index >= 15 is 0 Å². The molecule has 2 fully saturated rings. The molecular formula is C17H25N3. The van der Waals surface area contributed by atoms with Crippen LogP contribution in [-0.2, 0) is 6.42 Å². The van der Waals surface area contributed by atoms with Crippen molar-refractivity contribution in [2.45, 2.75) is 25.7 Å². The second kappa shape index (κ2) is 5.96. The third kappa shape index (κ3) is 2.88. The predicted molar refractivity (Wildman–Crippen MR) is 85.9 cm³/mol. The van der Waals surface area contributed by atoms with Crippen LogP contribution in [0.4, 0.5) is 5.69 Å². The highest BCUT2D eigenvalue weighted by Gasteiger charge is 2.38. The van der Waals surface area contributed by atoms with Crippen LogP contribution in [0.2, 0.25) is 0 Å². The van der Waals surface area contributed by atoms with Crippen LogP contribution in [0.15, 0.2) is 29.3 Å². The van der Waals surface area contributed by atoms with Crippen LogP contribution in [0.25, 0.3) is 0 Å². The Bertz CT molecular complexity index is 446. The van der Waals surface area contributed by atoms with Crippen molar-refractivity contribution >= 4 is 12.4 Å². The lowest BCUT2D eigenvalue weighted by molar-refractivity contribution is 0.239. The van der Waals surface area contributed by atoms with E-state index < -0.39 is 0 Å². The summed E-state index contributed by atoms with van der Waals surface area (Å²) in [5.74, 6) is 0. The van der Waals surface area contributed by atoms with Crippen LogP contribution in [0.5, 0.6) is 0 Å². The minimum absolute atomic E-state index is 0.531. The maximum Gasteiger partial charge on any atom is 0.0422 e. The maximum atomic E-state index is 3.92. The summed E-state index contributed by atoms with van der Waals surface area (Å²) in [5.41, 5.74) is 3.26. The normalized spacial score (nSPS) is 26.1. The Morgan fingerprint density at radius 3 is 2.80 bits per heavy atom. The van der Waals surface area contributed by atoms with Crippen LogP contribution >= 0.6 is 0 Å². The molecule has 0 saturated carbocycles. The zero-order valence-electron chi connectivity index (χ0n) is 12.3. The highest BCUT2D eigenvalue weighted by molar-refractivity contribution is 5.49. The van der Waals surface area contributed by atoms with Gasteiger partial charge in [-0.15, -0.1) is 0 Å². The van der Waals surface area contributed by atoms with Crippen molar-refractivity contribution in [1.82, 2.24) is 5.32 Å². The van der Waals surface area contributed by atoms with E-state index in [2.05, 4.69) is 46.2 Å². The molecule has 1 aromatic rings. The zero-order chi connectivity index (χ0) is 13.8. The van der Waals surface area contributed by atoms with Crippen LogP contribution in [0.3, 0.4) is 0 Å².